The summed E-state index contributed by atoms with van der Waals surface area (Å²) < 4.78 is 0. The topological polar surface area (TPSA) is 40.5 Å². The highest BCUT2D eigenvalue weighted by Crippen LogP contribution is 2.21. The van der Waals surface area contributed by atoms with Gasteiger partial charge in [-0.3, -0.25) is 0 Å². The summed E-state index contributed by atoms with van der Waals surface area (Å²) in [6, 6.07) is 7.39. The fraction of sp³-hybridized carbons (Fsp3) is 0.417. The van der Waals surface area contributed by atoms with E-state index < -0.39 is 12.0 Å². The highest BCUT2D eigenvalue weighted by molar-refractivity contribution is 5.78. The molecule has 82 valence electrons. The Labute approximate surface area is 90.3 Å². The number of hydrogen-bond acceptors (Lipinski definition) is 2. The highest BCUT2D eigenvalue weighted by Gasteiger charge is 2.18. The number of carboxylic acid groups (broad SMARTS) is 1. The Morgan fingerprint density at radius 3 is 2.60 bits per heavy atom. The second-order valence-electron chi connectivity index (χ2n) is 3.61. The van der Waals surface area contributed by atoms with Crippen LogP contribution in [-0.2, 0) is 11.2 Å². The van der Waals surface area contributed by atoms with Gasteiger partial charge in [0, 0.05) is 12.7 Å². The number of aliphatic carboxylic acids is 1. The molecule has 3 heteroatoms. The van der Waals surface area contributed by atoms with E-state index in [9.17, 15) is 4.79 Å². The van der Waals surface area contributed by atoms with Crippen molar-refractivity contribution in [3.8, 4) is 0 Å². The predicted octanol–water partition coefficient (Wildman–Crippen LogP) is 2.16. The number of nitrogens with zero attached hydrogens (tertiary/aromatic N) is 1. The van der Waals surface area contributed by atoms with E-state index in [1.807, 2.05) is 31.3 Å². The van der Waals surface area contributed by atoms with Gasteiger partial charge in [-0.2, -0.15) is 0 Å². The molecule has 0 amide bonds. The summed E-state index contributed by atoms with van der Waals surface area (Å²) in [6.45, 7) is 3.76. The summed E-state index contributed by atoms with van der Waals surface area (Å²) in [5.41, 5.74) is 2.17. The largest absolute Gasteiger partial charge is 0.480 e. The molecule has 0 saturated carbocycles. The molecule has 0 unspecified atom stereocenters. The lowest BCUT2D eigenvalue weighted by molar-refractivity contribution is -0.138. The quantitative estimate of drug-likeness (QED) is 0.822. The van der Waals surface area contributed by atoms with Gasteiger partial charge in [-0.15, -0.1) is 0 Å². The fourth-order valence-corrected chi connectivity index (χ4v) is 1.53. The monoisotopic (exact) mass is 207 g/mol. The molecule has 1 rings (SSSR count). The van der Waals surface area contributed by atoms with Crippen molar-refractivity contribution in [3.05, 3.63) is 29.8 Å². The third-order valence-electron chi connectivity index (χ3n) is 2.69. The van der Waals surface area contributed by atoms with Crippen LogP contribution in [0.1, 0.15) is 19.4 Å². The average Bonchev–Trinajstić information content (AvgIpc) is 2.26. The molecule has 0 bridgehead atoms. The van der Waals surface area contributed by atoms with Crippen LogP contribution in [0.4, 0.5) is 5.69 Å². The summed E-state index contributed by atoms with van der Waals surface area (Å²) in [6.07, 6.45) is 0.910. The molecule has 0 fully saturated rings. The molecule has 0 saturated heterocycles. The van der Waals surface area contributed by atoms with Gasteiger partial charge in [0.05, 0.1) is 0 Å². The molecule has 0 heterocycles. The molecule has 15 heavy (non-hydrogen) atoms. The Balaban J connectivity index is 2.99. The SMILES string of the molecule is CCc1ccccc1N(C)[C@@H](C)C(=O)O. The van der Waals surface area contributed by atoms with Gasteiger partial charge in [0.15, 0.2) is 0 Å². The molecule has 0 aromatic heterocycles. The summed E-state index contributed by atoms with van der Waals surface area (Å²) >= 11 is 0. The summed E-state index contributed by atoms with van der Waals surface area (Å²) in [7, 11) is 1.81. The van der Waals surface area contributed by atoms with E-state index in [2.05, 4.69) is 6.92 Å². The minimum Gasteiger partial charge on any atom is -0.480 e. The van der Waals surface area contributed by atoms with Gasteiger partial charge in [-0.1, -0.05) is 25.1 Å². The second kappa shape index (κ2) is 4.82. The first-order valence-corrected chi connectivity index (χ1v) is 5.11. The van der Waals surface area contributed by atoms with E-state index in [4.69, 9.17) is 5.11 Å². The summed E-state index contributed by atoms with van der Waals surface area (Å²) in [4.78, 5) is 12.7. The van der Waals surface area contributed by atoms with Crippen molar-refractivity contribution in [2.45, 2.75) is 26.3 Å². The Kier molecular flexibility index (Phi) is 3.72. The maximum Gasteiger partial charge on any atom is 0.326 e. The van der Waals surface area contributed by atoms with Crippen LogP contribution in [0.25, 0.3) is 0 Å². The van der Waals surface area contributed by atoms with Crippen LogP contribution in [-0.4, -0.2) is 24.2 Å². The zero-order chi connectivity index (χ0) is 11.4. The summed E-state index contributed by atoms with van der Waals surface area (Å²) in [5.74, 6) is -0.802. The lowest BCUT2D eigenvalue weighted by atomic mass is 10.1. The van der Waals surface area contributed by atoms with Crippen molar-refractivity contribution in [2.75, 3.05) is 11.9 Å². The molecule has 0 aliphatic heterocycles. The Morgan fingerprint density at radius 1 is 1.47 bits per heavy atom. The predicted molar refractivity (Wildman–Crippen MR) is 61.3 cm³/mol. The standard InChI is InChI=1S/C12H17NO2/c1-4-10-7-5-6-8-11(10)13(3)9(2)12(14)15/h5-9H,4H2,1-3H3,(H,14,15)/t9-/m0/s1. The van der Waals surface area contributed by atoms with Crippen LogP contribution in [0.15, 0.2) is 24.3 Å². The molecule has 1 aromatic rings. The molecule has 0 spiro atoms. The Morgan fingerprint density at radius 2 is 2.07 bits per heavy atom. The molecular formula is C12H17NO2. The third kappa shape index (κ3) is 2.49. The number of aryl methyl sites for hydroxylation is 1. The molecule has 1 atom stereocenters. The maximum absolute atomic E-state index is 10.9. The van der Waals surface area contributed by atoms with Crippen molar-refractivity contribution in [1.29, 1.82) is 0 Å². The van der Waals surface area contributed by atoms with Gasteiger partial charge in [0.1, 0.15) is 6.04 Å². The number of para-hydroxylation sites is 1. The van der Waals surface area contributed by atoms with E-state index in [-0.39, 0.29) is 0 Å². The van der Waals surface area contributed by atoms with Gasteiger partial charge < -0.3 is 10.0 Å². The molecule has 0 aliphatic rings. The molecule has 3 nitrogen and oxygen atoms in total. The fourth-order valence-electron chi connectivity index (χ4n) is 1.53. The van der Waals surface area contributed by atoms with Crippen LogP contribution >= 0.6 is 0 Å². The zero-order valence-electron chi connectivity index (χ0n) is 9.40. The van der Waals surface area contributed by atoms with Crippen LogP contribution in [0.2, 0.25) is 0 Å². The second-order valence-corrected chi connectivity index (χ2v) is 3.61. The zero-order valence-corrected chi connectivity index (χ0v) is 9.40. The van der Waals surface area contributed by atoms with E-state index in [1.54, 1.807) is 11.8 Å². The Hall–Kier alpha value is -1.51. The van der Waals surface area contributed by atoms with Crippen LogP contribution in [0.5, 0.6) is 0 Å². The van der Waals surface area contributed by atoms with Crippen molar-refractivity contribution in [2.24, 2.45) is 0 Å². The first kappa shape index (κ1) is 11.6. The van der Waals surface area contributed by atoms with Gasteiger partial charge in [0.25, 0.3) is 0 Å². The summed E-state index contributed by atoms with van der Waals surface area (Å²) in [5, 5.41) is 8.94. The molecular weight excluding hydrogens is 190 g/mol. The van der Waals surface area contributed by atoms with E-state index in [0.29, 0.717) is 0 Å². The number of rotatable bonds is 4. The van der Waals surface area contributed by atoms with Gasteiger partial charge in [-0.25, -0.2) is 4.79 Å². The number of likely N-dealkylation sites (N-methyl/N-ethyl adjacent to an activating group) is 1. The van der Waals surface area contributed by atoms with E-state index >= 15 is 0 Å². The van der Waals surface area contributed by atoms with Crippen molar-refractivity contribution in [1.82, 2.24) is 0 Å². The first-order chi connectivity index (χ1) is 7.07. The minimum atomic E-state index is -0.802. The molecule has 0 radical (unpaired) electrons. The number of anilines is 1. The Bertz CT molecular complexity index is 349. The van der Waals surface area contributed by atoms with E-state index in [0.717, 1.165) is 12.1 Å². The lowest BCUT2D eigenvalue weighted by Crippen LogP contribution is -2.36. The van der Waals surface area contributed by atoms with Crippen molar-refractivity contribution < 1.29 is 9.90 Å². The average molecular weight is 207 g/mol. The number of carbonyl (C=O) groups is 1. The first-order valence-electron chi connectivity index (χ1n) is 5.11. The van der Waals surface area contributed by atoms with Crippen molar-refractivity contribution >= 4 is 11.7 Å². The lowest BCUT2D eigenvalue weighted by Gasteiger charge is -2.25. The van der Waals surface area contributed by atoms with Gasteiger partial charge >= 0.3 is 5.97 Å². The van der Waals surface area contributed by atoms with Crippen LogP contribution in [0, 0.1) is 0 Å². The number of hydrogen-bond donors (Lipinski definition) is 1. The molecule has 1 aromatic carbocycles. The molecule has 0 aliphatic carbocycles. The van der Waals surface area contributed by atoms with Gasteiger partial charge in [-0.05, 0) is 25.0 Å². The van der Waals surface area contributed by atoms with Crippen LogP contribution < -0.4 is 4.90 Å². The van der Waals surface area contributed by atoms with Crippen molar-refractivity contribution in [3.63, 3.8) is 0 Å². The molecule has 1 N–H and O–H groups in total. The minimum absolute atomic E-state index is 0.502. The normalized spacial score (nSPS) is 12.2. The maximum atomic E-state index is 10.9. The van der Waals surface area contributed by atoms with Crippen LogP contribution in [0.3, 0.4) is 0 Å². The highest BCUT2D eigenvalue weighted by atomic mass is 16.4. The third-order valence-corrected chi connectivity index (χ3v) is 2.69. The smallest absolute Gasteiger partial charge is 0.326 e. The number of carboxylic acids is 1. The van der Waals surface area contributed by atoms with Gasteiger partial charge in [0.2, 0.25) is 0 Å². The number of benzene rings is 1. The van der Waals surface area contributed by atoms with E-state index in [1.165, 1.54) is 5.56 Å².